The van der Waals surface area contributed by atoms with Gasteiger partial charge in [0.15, 0.2) is 0 Å². The van der Waals surface area contributed by atoms with E-state index in [1.807, 2.05) is 0 Å². The Balaban J connectivity index is 0.00000417. The number of methoxy groups -OCH3 is 6. The number of ether oxygens (including phenoxy) is 6. The summed E-state index contributed by atoms with van der Waals surface area (Å²) in [6, 6.07) is 7.07. The molecule has 0 bridgehead atoms. The molecule has 0 amide bonds. The van der Waals surface area contributed by atoms with Crippen molar-refractivity contribution < 1.29 is 86.1 Å². The molecule has 0 N–H and O–H groups in total. The Morgan fingerprint density at radius 1 is 0.420 bits per heavy atom. The minimum Gasteiger partial charge on any atom is -1.00 e. The third kappa shape index (κ3) is 6.28. The number of allylic oxidation sites excluding steroid dienone is 4. The van der Waals surface area contributed by atoms with E-state index in [1.165, 1.54) is 37.9 Å². The molecule has 0 aromatic heterocycles. The van der Waals surface area contributed by atoms with E-state index in [1.54, 1.807) is 42.7 Å². The summed E-state index contributed by atoms with van der Waals surface area (Å²) in [4.78, 5) is 0. The molecule has 50 heavy (non-hydrogen) atoms. The van der Waals surface area contributed by atoms with Crippen LogP contribution in [0, 0.1) is 41.5 Å². The molecule has 0 aliphatic heterocycles. The first kappa shape index (κ1) is 45.8. The molecule has 3 aromatic carbocycles. The summed E-state index contributed by atoms with van der Waals surface area (Å²) >= 11 is 2.46. The van der Waals surface area contributed by atoms with Crippen molar-refractivity contribution in [3.63, 3.8) is 0 Å². The monoisotopic (exact) mass is 796 g/mol. The van der Waals surface area contributed by atoms with Crippen molar-refractivity contribution in [1.29, 1.82) is 0 Å². The third-order valence-corrected chi connectivity index (χ3v) is 19.6. The summed E-state index contributed by atoms with van der Waals surface area (Å²) in [5.41, 5.74) is 11.6. The molecule has 0 saturated carbocycles. The maximum absolute atomic E-state index is 6.20. The van der Waals surface area contributed by atoms with E-state index in [0.717, 1.165) is 67.9 Å². The second-order valence-electron chi connectivity index (χ2n) is 12.8. The van der Waals surface area contributed by atoms with Gasteiger partial charge in [-0.2, -0.15) is 0 Å². The first-order valence-electron chi connectivity index (χ1n) is 15.9. The van der Waals surface area contributed by atoms with Gasteiger partial charge in [-0.15, -0.1) is 0 Å². The third-order valence-electron chi connectivity index (χ3n) is 10.8. The number of benzene rings is 3. The molecule has 1 aliphatic carbocycles. The van der Waals surface area contributed by atoms with Gasteiger partial charge in [0, 0.05) is 0 Å². The smallest absolute Gasteiger partial charge is 1.00 e. The Hall–Kier alpha value is -2.26. The summed E-state index contributed by atoms with van der Waals surface area (Å²) in [5, 5.41) is 3.75. The predicted molar refractivity (Wildman–Crippen MR) is 191 cm³/mol. The Kier molecular flexibility index (Phi) is 15.6. The molecule has 0 fully saturated rings. The van der Waals surface area contributed by atoms with E-state index in [-0.39, 0.29) is 37.2 Å². The summed E-state index contributed by atoms with van der Waals surface area (Å²) in [6.45, 7) is 22.1. The van der Waals surface area contributed by atoms with Crippen LogP contribution in [0.25, 0.3) is 0 Å². The molecule has 3 aromatic rings. The summed E-state index contributed by atoms with van der Waals surface area (Å²) in [5.74, 6) is 4.51. The second-order valence-corrected chi connectivity index (χ2v) is 18.6. The molecule has 0 radical (unpaired) electrons. The van der Waals surface area contributed by atoms with E-state index in [9.17, 15) is 0 Å². The number of rotatable bonds is 10. The van der Waals surface area contributed by atoms with E-state index < -0.39 is 11.4 Å². The van der Waals surface area contributed by atoms with Gasteiger partial charge in [-0.1, -0.05) is 0 Å². The number of hydrogen-bond acceptors (Lipinski definition) is 6. The molecule has 1 aliphatic rings. The predicted octanol–water partition coefficient (Wildman–Crippen LogP) is -2.00. The van der Waals surface area contributed by atoms with Crippen LogP contribution in [0.4, 0.5) is 0 Å². The molecule has 0 saturated heterocycles. The molecule has 0 spiro atoms. The van der Waals surface area contributed by atoms with Gasteiger partial charge >= 0.3 is 296 Å². The van der Waals surface area contributed by atoms with Crippen LogP contribution in [0.15, 0.2) is 40.5 Å². The second kappa shape index (κ2) is 17.0. The van der Waals surface area contributed by atoms with Gasteiger partial charge in [-0.3, -0.25) is 0 Å². The van der Waals surface area contributed by atoms with Crippen molar-refractivity contribution in [2.24, 2.45) is 0 Å². The molecule has 0 unspecified atom stereocenters. The molecule has 4 rings (SSSR count). The number of hydrogen-bond donors (Lipinski definition) is 0. The van der Waals surface area contributed by atoms with Crippen molar-refractivity contribution in [3.05, 3.63) is 73.9 Å². The van der Waals surface area contributed by atoms with E-state index >= 15 is 0 Å². The molecular formula is C39H51Cl3O6SiTi. The fourth-order valence-electron chi connectivity index (χ4n) is 8.26. The molecular weight excluding hydrogens is 747 g/mol. The Morgan fingerprint density at radius 2 is 0.640 bits per heavy atom. The van der Waals surface area contributed by atoms with Crippen LogP contribution < -0.4 is 81.2 Å². The van der Waals surface area contributed by atoms with Crippen molar-refractivity contribution in [2.45, 2.75) is 72.6 Å². The zero-order chi connectivity index (χ0) is 35.3. The average molecular weight is 798 g/mol. The van der Waals surface area contributed by atoms with Crippen LogP contribution in [-0.2, 0) is 20.4 Å². The largest absolute Gasteiger partial charge is 1.00 e. The van der Waals surface area contributed by atoms with Gasteiger partial charge in [0.1, 0.15) is 0 Å². The van der Waals surface area contributed by atoms with Gasteiger partial charge in [0.2, 0.25) is 0 Å². The van der Waals surface area contributed by atoms with E-state index in [4.69, 9.17) is 28.4 Å². The fourth-order valence-corrected chi connectivity index (χ4v) is 17.7. The Labute approximate surface area is 331 Å². The SMILES string of the molecule is COc1c(C)cc([Si](c2cc(C)c(OC)c(OC)c2C)(c2cc(C)c(OC)c(OC)c2C)[C]2([Ti+3])C(C)=C(C)C(C)=C2C)c(C)c1OC.[Cl-].[Cl-].[Cl-]. The fraction of sp³-hybridized carbons (Fsp3) is 0.436. The van der Waals surface area contributed by atoms with Crippen molar-refractivity contribution in [1.82, 2.24) is 0 Å². The maximum Gasteiger partial charge on any atom is -1.00 e. The van der Waals surface area contributed by atoms with E-state index in [2.05, 4.69) is 108 Å². The molecule has 272 valence electrons. The summed E-state index contributed by atoms with van der Waals surface area (Å²) in [6.07, 6.45) is 0. The first-order valence-corrected chi connectivity index (χ1v) is 18.7. The molecule has 0 atom stereocenters. The molecule has 11 heteroatoms. The van der Waals surface area contributed by atoms with Gasteiger partial charge < -0.3 is 37.2 Å². The molecule has 0 heterocycles. The van der Waals surface area contributed by atoms with Crippen LogP contribution >= 0.6 is 0 Å². The van der Waals surface area contributed by atoms with Crippen molar-refractivity contribution in [3.8, 4) is 34.5 Å². The first-order chi connectivity index (χ1) is 22.1. The average Bonchev–Trinajstić information content (AvgIpc) is 3.20. The van der Waals surface area contributed by atoms with Gasteiger partial charge in [-0.05, 0) is 0 Å². The summed E-state index contributed by atoms with van der Waals surface area (Å²) < 4.78 is 36.1. The van der Waals surface area contributed by atoms with Gasteiger partial charge in [0.05, 0.1) is 0 Å². The number of aryl methyl sites for hydroxylation is 3. The normalized spacial score (nSPS) is 13.6. The maximum atomic E-state index is 6.20. The summed E-state index contributed by atoms with van der Waals surface area (Å²) in [7, 11) is 7.01. The van der Waals surface area contributed by atoms with E-state index in [0.29, 0.717) is 0 Å². The van der Waals surface area contributed by atoms with Crippen molar-refractivity contribution >= 4 is 23.6 Å². The quantitative estimate of drug-likeness (QED) is 0.175. The van der Waals surface area contributed by atoms with Gasteiger partial charge in [0.25, 0.3) is 0 Å². The standard InChI is InChI=1S/C39H51O6Si.3ClH.Ti/c1-20-17-30(27(8)36(43-14)33(20)40-11)46(39-25(6)23(4)24(5)26(39)7,31-18-21(2)34(41-12)37(44-15)28(31)9)32-19-22(3)35(42-13)38(45-16)29(32)10;;;;/h17-19H,1-16H3;3*1H;/q;;;;+3/p-3. The van der Waals surface area contributed by atoms with Gasteiger partial charge in [-0.25, -0.2) is 0 Å². The van der Waals surface area contributed by atoms with Crippen LogP contribution in [0.2, 0.25) is 3.34 Å². The zero-order valence-electron chi connectivity index (χ0n) is 32.3. The van der Waals surface area contributed by atoms with Crippen LogP contribution in [0.3, 0.4) is 0 Å². The zero-order valence-corrected chi connectivity index (χ0v) is 37.1. The topological polar surface area (TPSA) is 55.4 Å². The molecule has 6 nitrogen and oxygen atoms in total. The minimum atomic E-state index is -3.33. The van der Waals surface area contributed by atoms with Crippen molar-refractivity contribution in [2.75, 3.05) is 42.7 Å². The Bertz CT molecular complexity index is 1650. The minimum absolute atomic E-state index is 0. The van der Waals surface area contributed by atoms with Crippen LogP contribution in [-0.4, -0.2) is 50.7 Å². The number of halogens is 3. The Morgan fingerprint density at radius 3 is 0.840 bits per heavy atom. The van der Waals surface area contributed by atoms with Crippen LogP contribution in [0.1, 0.15) is 61.1 Å². The van der Waals surface area contributed by atoms with Crippen LogP contribution in [0.5, 0.6) is 34.5 Å².